The lowest BCUT2D eigenvalue weighted by Crippen LogP contribution is -2.42. The van der Waals surface area contributed by atoms with Crippen LogP contribution in [0.5, 0.6) is 0 Å². The maximum absolute atomic E-state index is 10.6. The molecule has 6 heteroatoms. The molecule has 1 aliphatic heterocycles. The van der Waals surface area contributed by atoms with Crippen molar-refractivity contribution in [1.29, 1.82) is 0 Å². The molecule has 1 aliphatic rings. The van der Waals surface area contributed by atoms with Crippen molar-refractivity contribution in [1.82, 2.24) is 10.1 Å². The van der Waals surface area contributed by atoms with Gasteiger partial charge in [0.2, 0.25) is 0 Å². The van der Waals surface area contributed by atoms with Crippen LogP contribution >= 0.6 is 0 Å². The van der Waals surface area contributed by atoms with Gasteiger partial charge in [-0.15, -0.1) is 0 Å². The van der Waals surface area contributed by atoms with Gasteiger partial charge in [0.25, 0.3) is 0 Å². The predicted molar refractivity (Wildman–Crippen MR) is 58.5 cm³/mol. The third-order valence-corrected chi connectivity index (χ3v) is 2.68. The standard InChI is InChI=1S/C11H16N2O4/c1-8-4-10(17-12-8)7-13-2-3-16-9(6-13)5-11(14)15/h4,9H,2-3,5-7H2,1H3,(H,14,15). The summed E-state index contributed by atoms with van der Waals surface area (Å²) in [7, 11) is 0. The third-order valence-electron chi connectivity index (χ3n) is 2.68. The number of carbonyl (C=O) groups is 1. The smallest absolute Gasteiger partial charge is 0.306 e. The summed E-state index contributed by atoms with van der Waals surface area (Å²) in [4.78, 5) is 12.7. The average Bonchev–Trinajstić information content (AvgIpc) is 2.63. The minimum absolute atomic E-state index is 0.0476. The van der Waals surface area contributed by atoms with E-state index in [0.717, 1.165) is 18.0 Å². The molecule has 0 spiro atoms. The molecule has 0 aliphatic carbocycles. The van der Waals surface area contributed by atoms with Gasteiger partial charge < -0.3 is 14.4 Å². The van der Waals surface area contributed by atoms with Gasteiger partial charge in [-0.05, 0) is 6.92 Å². The minimum atomic E-state index is -0.827. The second-order valence-electron chi connectivity index (χ2n) is 4.26. The molecule has 0 saturated carbocycles. The van der Waals surface area contributed by atoms with E-state index in [0.29, 0.717) is 19.7 Å². The summed E-state index contributed by atoms with van der Waals surface area (Å²) in [5.41, 5.74) is 0.857. The zero-order valence-corrected chi connectivity index (χ0v) is 9.76. The molecule has 2 heterocycles. The number of ether oxygens (including phenoxy) is 1. The largest absolute Gasteiger partial charge is 0.481 e. The van der Waals surface area contributed by atoms with E-state index < -0.39 is 5.97 Å². The summed E-state index contributed by atoms with van der Waals surface area (Å²) in [6.07, 6.45) is -0.184. The second-order valence-corrected chi connectivity index (χ2v) is 4.26. The Balaban J connectivity index is 1.87. The fourth-order valence-corrected chi connectivity index (χ4v) is 1.95. The van der Waals surface area contributed by atoms with Crippen LogP contribution in [0.2, 0.25) is 0 Å². The number of nitrogens with zero attached hydrogens (tertiary/aromatic N) is 2. The molecular formula is C11H16N2O4. The van der Waals surface area contributed by atoms with Crippen molar-refractivity contribution in [2.75, 3.05) is 19.7 Å². The fraction of sp³-hybridized carbons (Fsp3) is 0.636. The Labute approximate surface area is 99.1 Å². The zero-order chi connectivity index (χ0) is 12.3. The topological polar surface area (TPSA) is 75.8 Å². The maximum Gasteiger partial charge on any atom is 0.306 e. The second kappa shape index (κ2) is 5.29. The molecule has 0 amide bonds. The fourth-order valence-electron chi connectivity index (χ4n) is 1.95. The SMILES string of the molecule is Cc1cc(CN2CCOC(CC(=O)O)C2)on1. The summed E-state index contributed by atoms with van der Waals surface area (Å²) in [6.45, 7) is 4.49. The molecule has 1 aromatic rings. The number of aromatic nitrogens is 1. The molecule has 0 radical (unpaired) electrons. The first-order valence-electron chi connectivity index (χ1n) is 5.61. The van der Waals surface area contributed by atoms with E-state index in [1.54, 1.807) is 0 Å². The van der Waals surface area contributed by atoms with E-state index in [1.165, 1.54) is 0 Å². The Bertz CT molecular complexity index is 391. The minimum Gasteiger partial charge on any atom is -0.481 e. The molecule has 17 heavy (non-hydrogen) atoms. The molecule has 0 aromatic carbocycles. The van der Waals surface area contributed by atoms with Gasteiger partial charge in [0.05, 0.1) is 31.4 Å². The van der Waals surface area contributed by atoms with Crippen LogP contribution in [0, 0.1) is 6.92 Å². The zero-order valence-electron chi connectivity index (χ0n) is 9.76. The number of hydrogen-bond donors (Lipinski definition) is 1. The lowest BCUT2D eigenvalue weighted by Gasteiger charge is -2.31. The van der Waals surface area contributed by atoms with Crippen molar-refractivity contribution < 1.29 is 19.2 Å². The van der Waals surface area contributed by atoms with Gasteiger partial charge in [0, 0.05) is 19.2 Å². The Morgan fingerprint density at radius 2 is 2.53 bits per heavy atom. The monoisotopic (exact) mass is 240 g/mol. The summed E-state index contributed by atoms with van der Waals surface area (Å²) < 4.78 is 10.5. The van der Waals surface area contributed by atoms with E-state index in [2.05, 4.69) is 10.1 Å². The van der Waals surface area contributed by atoms with E-state index in [-0.39, 0.29) is 12.5 Å². The molecule has 94 valence electrons. The predicted octanol–water partition coefficient (Wildman–Crippen LogP) is 0.659. The molecule has 1 unspecified atom stereocenters. The summed E-state index contributed by atoms with van der Waals surface area (Å²) in [6, 6.07) is 1.89. The number of aliphatic carboxylic acids is 1. The van der Waals surface area contributed by atoms with Crippen LogP contribution in [0.25, 0.3) is 0 Å². The first kappa shape index (κ1) is 12.1. The van der Waals surface area contributed by atoms with E-state index in [4.69, 9.17) is 14.4 Å². The van der Waals surface area contributed by atoms with Crippen LogP contribution in [0.15, 0.2) is 10.6 Å². The number of hydrogen-bond acceptors (Lipinski definition) is 5. The normalized spacial score (nSPS) is 21.6. The van der Waals surface area contributed by atoms with E-state index in [1.807, 2.05) is 13.0 Å². The highest BCUT2D eigenvalue weighted by atomic mass is 16.5. The van der Waals surface area contributed by atoms with Crippen LogP contribution in [0.3, 0.4) is 0 Å². The molecule has 1 saturated heterocycles. The molecule has 6 nitrogen and oxygen atoms in total. The van der Waals surface area contributed by atoms with Gasteiger partial charge in [0.1, 0.15) is 0 Å². The number of rotatable bonds is 4. The van der Waals surface area contributed by atoms with Crippen molar-refractivity contribution in [3.8, 4) is 0 Å². The number of carboxylic acids is 1. The van der Waals surface area contributed by atoms with Gasteiger partial charge in [0.15, 0.2) is 5.76 Å². The first-order valence-corrected chi connectivity index (χ1v) is 5.61. The third kappa shape index (κ3) is 3.54. The van der Waals surface area contributed by atoms with Crippen LogP contribution in [0.1, 0.15) is 17.9 Å². The lowest BCUT2D eigenvalue weighted by molar-refractivity contribution is -0.142. The average molecular weight is 240 g/mol. The first-order chi connectivity index (χ1) is 8.13. The Hall–Kier alpha value is -1.40. The van der Waals surface area contributed by atoms with Gasteiger partial charge >= 0.3 is 5.97 Å². The van der Waals surface area contributed by atoms with E-state index in [9.17, 15) is 4.79 Å². The van der Waals surface area contributed by atoms with Crippen molar-refractivity contribution in [2.45, 2.75) is 26.0 Å². The maximum atomic E-state index is 10.6. The molecule has 0 bridgehead atoms. The van der Waals surface area contributed by atoms with Gasteiger partial charge in [-0.1, -0.05) is 5.16 Å². The Morgan fingerprint density at radius 3 is 3.18 bits per heavy atom. The molecule has 2 rings (SSSR count). The Kier molecular flexibility index (Phi) is 3.75. The van der Waals surface area contributed by atoms with Gasteiger partial charge in [-0.25, -0.2) is 0 Å². The quantitative estimate of drug-likeness (QED) is 0.833. The summed E-state index contributed by atoms with van der Waals surface area (Å²) in [5, 5.41) is 12.5. The van der Waals surface area contributed by atoms with Crippen LogP contribution in [-0.4, -0.2) is 46.9 Å². The molecule has 1 N–H and O–H groups in total. The molecular weight excluding hydrogens is 224 g/mol. The summed E-state index contributed by atoms with van der Waals surface area (Å²) >= 11 is 0. The molecule has 1 fully saturated rings. The highest BCUT2D eigenvalue weighted by molar-refractivity contribution is 5.67. The van der Waals surface area contributed by atoms with Crippen LogP contribution in [-0.2, 0) is 16.1 Å². The van der Waals surface area contributed by atoms with Gasteiger partial charge in [-0.2, -0.15) is 0 Å². The highest BCUT2D eigenvalue weighted by Crippen LogP contribution is 2.13. The summed E-state index contributed by atoms with van der Waals surface area (Å²) in [5.74, 6) is -0.0224. The number of morpholine rings is 1. The van der Waals surface area contributed by atoms with Crippen molar-refractivity contribution in [3.63, 3.8) is 0 Å². The number of carboxylic acid groups (broad SMARTS) is 1. The van der Waals surface area contributed by atoms with Crippen molar-refractivity contribution in [3.05, 3.63) is 17.5 Å². The highest BCUT2D eigenvalue weighted by Gasteiger charge is 2.23. The Morgan fingerprint density at radius 1 is 1.71 bits per heavy atom. The van der Waals surface area contributed by atoms with Crippen molar-refractivity contribution in [2.24, 2.45) is 0 Å². The van der Waals surface area contributed by atoms with Gasteiger partial charge in [-0.3, -0.25) is 9.69 Å². The van der Waals surface area contributed by atoms with Crippen LogP contribution in [0.4, 0.5) is 0 Å². The van der Waals surface area contributed by atoms with Crippen LogP contribution < -0.4 is 0 Å². The molecule has 1 atom stereocenters. The van der Waals surface area contributed by atoms with Crippen molar-refractivity contribution >= 4 is 5.97 Å². The number of aryl methyl sites for hydroxylation is 1. The molecule has 1 aromatic heterocycles. The van der Waals surface area contributed by atoms with E-state index >= 15 is 0 Å². The lowest BCUT2D eigenvalue weighted by atomic mass is 10.2.